The summed E-state index contributed by atoms with van der Waals surface area (Å²) in [5.41, 5.74) is 1.41. The van der Waals surface area contributed by atoms with E-state index < -0.39 is 23.8 Å². The minimum atomic E-state index is -4.58. The van der Waals surface area contributed by atoms with Crippen LogP contribution in [0.3, 0.4) is 0 Å². The molecule has 0 unspecified atom stereocenters. The molecule has 3 aromatic carbocycles. The molecule has 1 amide bonds. The zero-order valence-corrected chi connectivity index (χ0v) is 19.6. The Morgan fingerprint density at radius 2 is 1.71 bits per heavy atom. The molecule has 0 spiro atoms. The van der Waals surface area contributed by atoms with Crippen molar-refractivity contribution in [2.75, 3.05) is 6.54 Å². The van der Waals surface area contributed by atoms with Gasteiger partial charge < -0.3 is 14.7 Å². The number of alkyl halides is 3. The van der Waals surface area contributed by atoms with Crippen LogP contribution in [0.5, 0.6) is 0 Å². The number of halogens is 4. The average molecular weight is 506 g/mol. The van der Waals surface area contributed by atoms with Crippen molar-refractivity contribution in [3.05, 3.63) is 94.0 Å². The van der Waals surface area contributed by atoms with Gasteiger partial charge in [0.1, 0.15) is 6.61 Å². The number of carboxylic acid groups (broad SMARTS) is 1. The largest absolute Gasteiger partial charge is 0.481 e. The second-order valence-corrected chi connectivity index (χ2v) is 8.21. The molecule has 184 valence electrons. The Kier molecular flexibility index (Phi) is 8.40. The van der Waals surface area contributed by atoms with Gasteiger partial charge in [-0.15, -0.1) is 0 Å². The fraction of sp³-hybridized carbons (Fsp3) is 0.231. The topological polar surface area (TPSA) is 66.8 Å². The Morgan fingerprint density at radius 1 is 1.00 bits per heavy atom. The van der Waals surface area contributed by atoms with Gasteiger partial charge >= 0.3 is 18.2 Å². The first kappa shape index (κ1) is 26.1. The molecule has 1 N–H and O–H groups in total. The first-order chi connectivity index (χ1) is 16.6. The maximum absolute atomic E-state index is 13.5. The van der Waals surface area contributed by atoms with E-state index in [9.17, 15) is 22.8 Å². The van der Waals surface area contributed by atoms with Crippen LogP contribution in [-0.4, -0.2) is 28.6 Å². The monoisotopic (exact) mass is 505 g/mol. The maximum atomic E-state index is 13.5. The highest BCUT2D eigenvalue weighted by Crippen LogP contribution is 2.35. The number of amides is 1. The fourth-order valence-electron chi connectivity index (χ4n) is 3.54. The van der Waals surface area contributed by atoms with E-state index in [0.29, 0.717) is 16.7 Å². The predicted molar refractivity (Wildman–Crippen MR) is 126 cm³/mol. The van der Waals surface area contributed by atoms with Crippen molar-refractivity contribution >= 4 is 23.7 Å². The summed E-state index contributed by atoms with van der Waals surface area (Å²) in [6.07, 6.45) is -5.58. The summed E-state index contributed by atoms with van der Waals surface area (Å²) in [4.78, 5) is 25.2. The molecular formula is C26H23ClF3NO4. The molecule has 0 aromatic heterocycles. The van der Waals surface area contributed by atoms with E-state index in [-0.39, 0.29) is 36.7 Å². The van der Waals surface area contributed by atoms with E-state index in [4.69, 9.17) is 21.4 Å². The maximum Gasteiger partial charge on any atom is 0.416 e. The summed E-state index contributed by atoms with van der Waals surface area (Å²) in [5.74, 6) is -1.09. The summed E-state index contributed by atoms with van der Waals surface area (Å²) in [7, 11) is 0. The van der Waals surface area contributed by atoms with Crippen LogP contribution >= 0.6 is 11.6 Å². The molecule has 0 aliphatic carbocycles. The summed E-state index contributed by atoms with van der Waals surface area (Å²) in [6.45, 7) is 1.79. The lowest BCUT2D eigenvalue weighted by atomic mass is 9.95. The molecule has 3 rings (SSSR count). The van der Waals surface area contributed by atoms with E-state index in [1.165, 1.54) is 23.1 Å². The Labute approximate surface area is 205 Å². The summed E-state index contributed by atoms with van der Waals surface area (Å²) < 4.78 is 45.7. The average Bonchev–Trinajstić information content (AvgIpc) is 2.82. The second-order valence-electron chi connectivity index (χ2n) is 7.80. The Hall–Kier alpha value is -3.52. The van der Waals surface area contributed by atoms with Crippen molar-refractivity contribution in [1.29, 1.82) is 0 Å². The highest BCUT2D eigenvalue weighted by molar-refractivity contribution is 6.31. The first-order valence-electron chi connectivity index (χ1n) is 10.7. The number of carbonyl (C=O) groups is 2. The van der Waals surface area contributed by atoms with Crippen LogP contribution in [0.25, 0.3) is 11.1 Å². The van der Waals surface area contributed by atoms with E-state index >= 15 is 0 Å². The number of carboxylic acids is 1. The summed E-state index contributed by atoms with van der Waals surface area (Å²) in [6, 6.07) is 16.9. The smallest absolute Gasteiger partial charge is 0.416 e. The zero-order chi connectivity index (χ0) is 25.6. The van der Waals surface area contributed by atoms with Gasteiger partial charge in [0.2, 0.25) is 0 Å². The lowest BCUT2D eigenvalue weighted by Gasteiger charge is -2.23. The third kappa shape index (κ3) is 6.99. The highest BCUT2D eigenvalue weighted by atomic mass is 35.5. The van der Waals surface area contributed by atoms with Gasteiger partial charge in [-0.05, 0) is 59.0 Å². The van der Waals surface area contributed by atoms with Crippen molar-refractivity contribution in [2.45, 2.75) is 32.7 Å². The van der Waals surface area contributed by atoms with Gasteiger partial charge in [-0.1, -0.05) is 54.1 Å². The molecule has 0 aliphatic rings. The number of hydrogen-bond acceptors (Lipinski definition) is 3. The number of carbonyl (C=O) groups excluding carboxylic acids is 1. The fourth-order valence-corrected chi connectivity index (χ4v) is 3.73. The molecule has 0 bridgehead atoms. The lowest BCUT2D eigenvalue weighted by Crippen LogP contribution is -2.31. The quantitative estimate of drug-likeness (QED) is 0.365. The van der Waals surface area contributed by atoms with Gasteiger partial charge in [-0.3, -0.25) is 4.79 Å². The van der Waals surface area contributed by atoms with E-state index in [1.807, 2.05) is 6.07 Å². The third-order valence-corrected chi connectivity index (χ3v) is 5.71. The Bertz CT molecular complexity index is 1200. The van der Waals surface area contributed by atoms with Gasteiger partial charge in [0.05, 0.1) is 12.0 Å². The van der Waals surface area contributed by atoms with Crippen LogP contribution in [0.4, 0.5) is 18.0 Å². The van der Waals surface area contributed by atoms with Crippen molar-refractivity contribution in [1.82, 2.24) is 4.90 Å². The minimum Gasteiger partial charge on any atom is -0.481 e. The first-order valence-corrected chi connectivity index (χ1v) is 11.1. The van der Waals surface area contributed by atoms with Crippen LogP contribution in [0.15, 0.2) is 66.7 Å². The highest BCUT2D eigenvalue weighted by Gasteiger charge is 2.31. The van der Waals surface area contributed by atoms with Crippen LogP contribution in [-0.2, 0) is 35.3 Å². The van der Waals surface area contributed by atoms with Crippen LogP contribution in [0, 0.1) is 0 Å². The Balaban J connectivity index is 1.94. The van der Waals surface area contributed by atoms with Gasteiger partial charge in [-0.25, -0.2) is 4.79 Å². The van der Waals surface area contributed by atoms with Crippen molar-refractivity contribution in [3.8, 4) is 11.1 Å². The normalized spacial score (nSPS) is 11.2. The van der Waals surface area contributed by atoms with E-state index in [2.05, 4.69) is 0 Å². The summed E-state index contributed by atoms with van der Waals surface area (Å²) in [5, 5.41) is 9.38. The Morgan fingerprint density at radius 3 is 2.34 bits per heavy atom. The number of rotatable bonds is 8. The number of hydrogen-bond donors (Lipinski definition) is 1. The molecule has 9 heteroatoms. The lowest BCUT2D eigenvalue weighted by molar-refractivity contribution is -0.138. The molecule has 5 nitrogen and oxygen atoms in total. The van der Waals surface area contributed by atoms with Crippen molar-refractivity contribution in [3.63, 3.8) is 0 Å². The predicted octanol–water partition coefficient (Wildman–Crippen LogP) is 6.81. The SMILES string of the molecule is CCN(Cc1cc(C(F)(F)F)ccc1-c1ccc(Cl)c(CC(=O)O)c1)C(=O)OCc1ccccc1. The summed E-state index contributed by atoms with van der Waals surface area (Å²) >= 11 is 6.10. The van der Waals surface area contributed by atoms with Crippen molar-refractivity contribution in [2.24, 2.45) is 0 Å². The van der Waals surface area contributed by atoms with Crippen LogP contribution in [0.1, 0.15) is 29.2 Å². The van der Waals surface area contributed by atoms with Crippen LogP contribution in [0.2, 0.25) is 5.02 Å². The molecule has 0 saturated heterocycles. The van der Waals surface area contributed by atoms with Gasteiger partial charge in [-0.2, -0.15) is 13.2 Å². The minimum absolute atomic E-state index is 0.0291. The molecule has 35 heavy (non-hydrogen) atoms. The number of ether oxygens (including phenoxy) is 1. The molecule has 0 heterocycles. The molecule has 0 atom stereocenters. The number of nitrogens with zero attached hydrogens (tertiary/aromatic N) is 1. The zero-order valence-electron chi connectivity index (χ0n) is 18.8. The van der Waals surface area contributed by atoms with E-state index in [0.717, 1.165) is 17.7 Å². The molecular weight excluding hydrogens is 483 g/mol. The number of benzene rings is 3. The third-order valence-electron chi connectivity index (χ3n) is 5.34. The van der Waals surface area contributed by atoms with E-state index in [1.54, 1.807) is 37.3 Å². The van der Waals surface area contributed by atoms with Gasteiger partial charge in [0, 0.05) is 18.1 Å². The number of aliphatic carboxylic acids is 1. The standard InChI is InChI=1S/C26H23ClF3NO4/c1-2-31(25(34)35-16-17-6-4-3-5-7-17)15-20-13-21(26(28,29)30)9-10-22(20)18-8-11-23(27)19(12-18)14-24(32)33/h3-13H,2,14-16H2,1H3,(H,32,33). The molecule has 3 aromatic rings. The molecule has 0 fully saturated rings. The van der Waals surface area contributed by atoms with Gasteiger partial charge in [0.15, 0.2) is 0 Å². The molecule has 0 aliphatic heterocycles. The second kappa shape index (κ2) is 11.3. The molecule has 0 saturated carbocycles. The van der Waals surface area contributed by atoms with Crippen molar-refractivity contribution < 1.29 is 32.6 Å². The van der Waals surface area contributed by atoms with Crippen LogP contribution < -0.4 is 0 Å². The molecule has 0 radical (unpaired) electrons. The van der Waals surface area contributed by atoms with Gasteiger partial charge in [0.25, 0.3) is 0 Å².